The van der Waals surface area contributed by atoms with Gasteiger partial charge in [0, 0.05) is 6.42 Å². The van der Waals surface area contributed by atoms with Gasteiger partial charge >= 0.3 is 12.1 Å². The lowest BCUT2D eigenvalue weighted by Crippen LogP contribution is -2.51. The summed E-state index contributed by atoms with van der Waals surface area (Å²) in [5, 5.41) is 9.53. The molecular formula is C23H29N5O5. The van der Waals surface area contributed by atoms with Crippen molar-refractivity contribution in [2.75, 3.05) is 0 Å². The van der Waals surface area contributed by atoms with Gasteiger partial charge in [-0.05, 0) is 58.6 Å². The van der Waals surface area contributed by atoms with Crippen molar-refractivity contribution in [1.82, 2.24) is 25.7 Å². The summed E-state index contributed by atoms with van der Waals surface area (Å²) in [6, 6.07) is 7.47. The van der Waals surface area contributed by atoms with Gasteiger partial charge in [0.25, 0.3) is 5.91 Å². The van der Waals surface area contributed by atoms with Crippen LogP contribution in [0.5, 0.6) is 0 Å². The maximum Gasteiger partial charge on any atom is 0.408 e. The van der Waals surface area contributed by atoms with Crippen LogP contribution in [-0.2, 0) is 34.5 Å². The van der Waals surface area contributed by atoms with Gasteiger partial charge in [-0.1, -0.05) is 29.4 Å². The van der Waals surface area contributed by atoms with Gasteiger partial charge in [-0.3, -0.25) is 9.69 Å². The van der Waals surface area contributed by atoms with Gasteiger partial charge in [0.2, 0.25) is 5.89 Å². The second kappa shape index (κ2) is 7.86. The van der Waals surface area contributed by atoms with Gasteiger partial charge in [0.15, 0.2) is 5.82 Å². The Balaban J connectivity index is 1.46. The highest BCUT2D eigenvalue weighted by Crippen LogP contribution is 2.34. The molecule has 2 heterocycles. The number of nitrogens with zero attached hydrogens (tertiary/aromatic N) is 3. The first kappa shape index (κ1) is 22.8. The topological polar surface area (TPSA) is 127 Å². The van der Waals surface area contributed by atoms with E-state index in [0.717, 1.165) is 10.5 Å². The number of imide groups is 1. The molecule has 1 aromatic heterocycles. The van der Waals surface area contributed by atoms with Crippen LogP contribution in [0.25, 0.3) is 0 Å². The van der Waals surface area contributed by atoms with E-state index in [2.05, 4.69) is 20.8 Å². The third-order valence-electron chi connectivity index (χ3n) is 5.81. The maximum atomic E-state index is 13.3. The number of aromatic nitrogens is 2. The van der Waals surface area contributed by atoms with E-state index in [1.807, 2.05) is 24.3 Å². The number of ether oxygens (including phenoxy) is 1. The Morgan fingerprint density at radius 3 is 2.61 bits per heavy atom. The van der Waals surface area contributed by atoms with Crippen LogP contribution in [-0.4, -0.2) is 44.2 Å². The van der Waals surface area contributed by atoms with Crippen LogP contribution in [0.1, 0.15) is 63.9 Å². The molecule has 1 atom stereocenters. The second-order valence-electron chi connectivity index (χ2n) is 10.1. The number of urea groups is 1. The molecule has 1 fully saturated rings. The zero-order chi connectivity index (χ0) is 24.0. The highest BCUT2D eigenvalue weighted by molar-refractivity contribution is 6.07. The molecule has 2 N–H and O–H groups in total. The third-order valence-corrected chi connectivity index (χ3v) is 5.81. The van der Waals surface area contributed by atoms with Crippen molar-refractivity contribution in [1.29, 1.82) is 0 Å². The van der Waals surface area contributed by atoms with E-state index >= 15 is 0 Å². The molecule has 1 aliphatic carbocycles. The van der Waals surface area contributed by atoms with Crippen LogP contribution in [0, 0.1) is 0 Å². The zero-order valence-electron chi connectivity index (χ0n) is 19.5. The molecule has 1 spiro atoms. The number of hydrogen-bond acceptors (Lipinski definition) is 7. The number of hydrogen-bond donors (Lipinski definition) is 2. The molecule has 176 valence electrons. The number of amides is 4. The molecule has 33 heavy (non-hydrogen) atoms. The Morgan fingerprint density at radius 1 is 1.21 bits per heavy atom. The maximum absolute atomic E-state index is 13.3. The SMILES string of the molecule is CC(C)(C)OC(=O)NC(C)(C)c1noc(CN2C(=O)NC3(CCc4ccccc4C3)C2=O)n1. The molecule has 2 aliphatic rings. The largest absolute Gasteiger partial charge is 0.444 e. The predicted molar refractivity (Wildman–Crippen MR) is 117 cm³/mol. The smallest absolute Gasteiger partial charge is 0.408 e. The minimum absolute atomic E-state index is 0.0980. The van der Waals surface area contributed by atoms with Crippen molar-refractivity contribution in [2.45, 2.75) is 77.1 Å². The van der Waals surface area contributed by atoms with Gasteiger partial charge in [-0.15, -0.1) is 0 Å². The normalized spacial score (nSPS) is 20.6. The van der Waals surface area contributed by atoms with E-state index in [9.17, 15) is 14.4 Å². The fraction of sp³-hybridized carbons (Fsp3) is 0.522. The number of rotatable bonds is 4. The quantitative estimate of drug-likeness (QED) is 0.679. The molecule has 0 radical (unpaired) electrons. The average Bonchev–Trinajstić information content (AvgIpc) is 3.26. The van der Waals surface area contributed by atoms with Gasteiger partial charge in [0.05, 0.1) is 0 Å². The van der Waals surface area contributed by atoms with Crippen LogP contribution in [0.2, 0.25) is 0 Å². The van der Waals surface area contributed by atoms with E-state index in [1.54, 1.807) is 34.6 Å². The van der Waals surface area contributed by atoms with E-state index in [0.29, 0.717) is 19.3 Å². The Hall–Kier alpha value is -3.43. The molecule has 1 unspecified atom stereocenters. The highest BCUT2D eigenvalue weighted by Gasteiger charge is 2.52. The Bertz CT molecular complexity index is 1100. The minimum atomic E-state index is -0.990. The van der Waals surface area contributed by atoms with E-state index in [1.165, 1.54) is 5.56 Å². The summed E-state index contributed by atoms with van der Waals surface area (Å²) in [5.74, 6) is 0.00503. The Kier molecular flexibility index (Phi) is 5.42. The summed E-state index contributed by atoms with van der Waals surface area (Å²) in [7, 11) is 0. The molecule has 1 saturated heterocycles. The number of fused-ring (bicyclic) bond motifs is 1. The molecule has 2 aromatic rings. The number of benzene rings is 1. The summed E-state index contributed by atoms with van der Waals surface area (Å²) in [4.78, 5) is 43.5. The van der Waals surface area contributed by atoms with Crippen molar-refractivity contribution >= 4 is 18.0 Å². The summed E-state index contributed by atoms with van der Waals surface area (Å²) in [5.41, 5.74) is -0.331. The highest BCUT2D eigenvalue weighted by atomic mass is 16.6. The summed E-state index contributed by atoms with van der Waals surface area (Å²) >= 11 is 0. The number of aryl methyl sites for hydroxylation is 1. The Morgan fingerprint density at radius 2 is 1.91 bits per heavy atom. The number of alkyl carbamates (subject to hydrolysis) is 1. The van der Waals surface area contributed by atoms with Crippen molar-refractivity contribution in [3.8, 4) is 0 Å². The molecule has 1 aliphatic heterocycles. The molecule has 10 heteroatoms. The lowest BCUT2D eigenvalue weighted by molar-refractivity contribution is -0.132. The van der Waals surface area contributed by atoms with Crippen LogP contribution in [0.4, 0.5) is 9.59 Å². The van der Waals surface area contributed by atoms with Gasteiger partial charge < -0.3 is 19.9 Å². The van der Waals surface area contributed by atoms with Crippen LogP contribution < -0.4 is 10.6 Å². The monoisotopic (exact) mass is 455 g/mol. The number of carbonyl (C=O) groups is 3. The summed E-state index contributed by atoms with van der Waals surface area (Å²) in [6.45, 7) is 8.55. The Labute approximate surface area is 192 Å². The van der Waals surface area contributed by atoms with Gasteiger partial charge in [-0.2, -0.15) is 4.98 Å². The molecular weight excluding hydrogens is 426 g/mol. The fourth-order valence-corrected chi connectivity index (χ4v) is 4.17. The molecule has 0 bridgehead atoms. The van der Waals surface area contributed by atoms with Crippen molar-refractivity contribution < 1.29 is 23.6 Å². The number of carbonyl (C=O) groups excluding carboxylic acids is 3. The zero-order valence-corrected chi connectivity index (χ0v) is 19.5. The first-order valence-electron chi connectivity index (χ1n) is 10.9. The van der Waals surface area contributed by atoms with Crippen LogP contribution in [0.15, 0.2) is 28.8 Å². The summed E-state index contributed by atoms with van der Waals surface area (Å²) < 4.78 is 10.6. The molecule has 4 rings (SSSR count). The second-order valence-corrected chi connectivity index (χ2v) is 10.1. The third kappa shape index (κ3) is 4.55. The first-order valence-corrected chi connectivity index (χ1v) is 10.9. The molecule has 0 saturated carbocycles. The fourth-order valence-electron chi connectivity index (χ4n) is 4.17. The van der Waals surface area contributed by atoms with Crippen LogP contribution >= 0.6 is 0 Å². The average molecular weight is 456 g/mol. The summed E-state index contributed by atoms with van der Waals surface area (Å²) in [6.07, 6.45) is 1.08. The van der Waals surface area contributed by atoms with Crippen molar-refractivity contribution in [3.05, 3.63) is 47.1 Å². The van der Waals surface area contributed by atoms with Crippen LogP contribution in [0.3, 0.4) is 0 Å². The minimum Gasteiger partial charge on any atom is -0.444 e. The lowest BCUT2D eigenvalue weighted by Gasteiger charge is -2.32. The van der Waals surface area contributed by atoms with E-state index < -0.39 is 28.8 Å². The predicted octanol–water partition coefficient (Wildman–Crippen LogP) is 2.81. The lowest BCUT2D eigenvalue weighted by atomic mass is 9.78. The standard InChI is InChI=1S/C23H29N5O5/c1-21(2,3)32-20(31)26-22(4,5)17-24-16(33-27-17)13-28-18(29)23(25-19(28)30)11-10-14-8-6-7-9-15(14)12-23/h6-9H,10-13H2,1-5H3,(H,25,30)(H,26,31). The van der Waals surface area contributed by atoms with E-state index in [4.69, 9.17) is 9.26 Å². The molecule has 4 amide bonds. The molecule has 1 aromatic carbocycles. The van der Waals surface area contributed by atoms with Gasteiger partial charge in [0.1, 0.15) is 23.2 Å². The van der Waals surface area contributed by atoms with Crippen molar-refractivity contribution in [2.24, 2.45) is 0 Å². The molecule has 10 nitrogen and oxygen atoms in total. The van der Waals surface area contributed by atoms with Gasteiger partial charge in [-0.25, -0.2) is 9.59 Å². The first-order chi connectivity index (χ1) is 15.4. The number of nitrogens with one attached hydrogen (secondary N) is 2. The van der Waals surface area contributed by atoms with Crippen molar-refractivity contribution in [3.63, 3.8) is 0 Å². The van der Waals surface area contributed by atoms with E-state index in [-0.39, 0.29) is 24.2 Å².